The highest BCUT2D eigenvalue weighted by Crippen LogP contribution is 2.40. The van der Waals surface area contributed by atoms with E-state index >= 15 is 0 Å². The predicted octanol–water partition coefficient (Wildman–Crippen LogP) is 3.28. The number of ether oxygens (including phenoxy) is 1. The van der Waals surface area contributed by atoms with E-state index in [9.17, 15) is 9.90 Å². The molecule has 6 nitrogen and oxygen atoms in total. The maximum atomic E-state index is 11.4. The van der Waals surface area contributed by atoms with Crippen molar-refractivity contribution >= 4 is 28.7 Å². The monoisotopic (exact) mass is 345 g/mol. The SMILES string of the molecule is CCOC(=O)Cc1csc(NN=Cc2cc(C3CC3)ccc2O)n1. The topological polar surface area (TPSA) is 83.8 Å². The fraction of sp³-hybridized carbons (Fsp3) is 0.353. The van der Waals surface area contributed by atoms with Gasteiger partial charge >= 0.3 is 5.97 Å². The zero-order valence-electron chi connectivity index (χ0n) is 13.4. The highest BCUT2D eigenvalue weighted by atomic mass is 32.1. The van der Waals surface area contributed by atoms with Crippen LogP contribution in [0.15, 0.2) is 28.7 Å². The molecule has 2 aromatic rings. The summed E-state index contributed by atoms with van der Waals surface area (Å²) in [4.78, 5) is 15.7. The molecule has 1 aliphatic carbocycles. The van der Waals surface area contributed by atoms with Gasteiger partial charge in [0.15, 0.2) is 0 Å². The van der Waals surface area contributed by atoms with Gasteiger partial charge in [-0.2, -0.15) is 5.10 Å². The normalized spacial score (nSPS) is 14.0. The summed E-state index contributed by atoms with van der Waals surface area (Å²) in [5, 5.41) is 16.4. The van der Waals surface area contributed by atoms with Crippen molar-refractivity contribution in [1.29, 1.82) is 0 Å². The van der Waals surface area contributed by atoms with Gasteiger partial charge in [-0.25, -0.2) is 4.98 Å². The number of carbonyl (C=O) groups is 1. The molecular weight excluding hydrogens is 326 g/mol. The number of nitrogens with zero attached hydrogens (tertiary/aromatic N) is 2. The van der Waals surface area contributed by atoms with Crippen LogP contribution in [0.3, 0.4) is 0 Å². The van der Waals surface area contributed by atoms with Crippen LogP contribution in [0.2, 0.25) is 0 Å². The van der Waals surface area contributed by atoms with E-state index in [1.165, 1.54) is 29.7 Å². The Bertz CT molecular complexity index is 753. The first-order valence-electron chi connectivity index (χ1n) is 7.87. The average Bonchev–Trinajstić information content (AvgIpc) is 3.31. The molecule has 0 radical (unpaired) electrons. The van der Waals surface area contributed by atoms with Gasteiger partial charge in [-0.15, -0.1) is 11.3 Å². The van der Waals surface area contributed by atoms with Gasteiger partial charge in [0.05, 0.1) is 24.9 Å². The molecule has 126 valence electrons. The Morgan fingerprint density at radius 2 is 2.38 bits per heavy atom. The number of phenolic OH excluding ortho intramolecular Hbond substituents is 1. The van der Waals surface area contributed by atoms with Crippen molar-refractivity contribution in [3.8, 4) is 5.75 Å². The summed E-state index contributed by atoms with van der Waals surface area (Å²) < 4.78 is 4.89. The lowest BCUT2D eigenvalue weighted by atomic mass is 10.1. The number of hydrogen-bond donors (Lipinski definition) is 2. The fourth-order valence-corrected chi connectivity index (χ4v) is 2.96. The first kappa shape index (κ1) is 16.4. The summed E-state index contributed by atoms with van der Waals surface area (Å²) in [5.41, 5.74) is 5.38. The molecule has 1 aliphatic rings. The van der Waals surface area contributed by atoms with Gasteiger partial charge in [0.1, 0.15) is 5.75 Å². The quantitative estimate of drug-likeness (QED) is 0.457. The molecule has 1 aromatic carbocycles. The van der Waals surface area contributed by atoms with Crippen molar-refractivity contribution in [3.63, 3.8) is 0 Å². The number of hydrogen-bond acceptors (Lipinski definition) is 7. The molecule has 0 amide bonds. The molecular formula is C17H19N3O3S. The summed E-state index contributed by atoms with van der Waals surface area (Å²) in [7, 11) is 0. The summed E-state index contributed by atoms with van der Waals surface area (Å²) in [6.07, 6.45) is 4.15. The number of nitrogens with one attached hydrogen (secondary N) is 1. The lowest BCUT2D eigenvalue weighted by molar-refractivity contribution is -0.142. The third-order valence-electron chi connectivity index (χ3n) is 3.65. The number of hydrazone groups is 1. The second-order valence-corrected chi connectivity index (χ2v) is 6.45. The molecule has 7 heteroatoms. The molecule has 2 N–H and O–H groups in total. The van der Waals surface area contributed by atoms with Crippen LogP contribution in [0.5, 0.6) is 5.75 Å². The van der Waals surface area contributed by atoms with Gasteiger partial charge < -0.3 is 9.84 Å². The Balaban J connectivity index is 1.59. The second kappa shape index (κ2) is 7.44. The van der Waals surface area contributed by atoms with E-state index in [1.54, 1.807) is 24.6 Å². The van der Waals surface area contributed by atoms with Crippen LogP contribution in [0, 0.1) is 0 Å². The molecule has 0 spiro atoms. The molecule has 24 heavy (non-hydrogen) atoms. The zero-order chi connectivity index (χ0) is 16.9. The third-order valence-corrected chi connectivity index (χ3v) is 4.44. The first-order chi connectivity index (χ1) is 11.7. The number of esters is 1. The van der Waals surface area contributed by atoms with Crippen LogP contribution in [0.4, 0.5) is 5.13 Å². The molecule has 1 fully saturated rings. The van der Waals surface area contributed by atoms with Crippen LogP contribution in [0.1, 0.15) is 42.5 Å². The number of thiazole rings is 1. The number of rotatable bonds is 7. The molecule has 1 heterocycles. The Kier molecular flexibility index (Phi) is 5.10. The average molecular weight is 345 g/mol. The molecule has 0 saturated heterocycles. The van der Waals surface area contributed by atoms with E-state index in [2.05, 4.69) is 15.5 Å². The number of phenols is 1. The molecule has 0 aliphatic heterocycles. The van der Waals surface area contributed by atoms with Gasteiger partial charge in [-0.05, 0) is 43.4 Å². The number of aromatic hydroxyl groups is 1. The number of benzene rings is 1. The Hall–Kier alpha value is -2.41. The number of aromatic nitrogens is 1. The van der Waals surface area contributed by atoms with Crippen LogP contribution in [-0.4, -0.2) is 28.9 Å². The Morgan fingerprint density at radius 3 is 3.12 bits per heavy atom. The summed E-state index contributed by atoms with van der Waals surface area (Å²) in [5.74, 6) is 0.530. The summed E-state index contributed by atoms with van der Waals surface area (Å²) in [6.45, 7) is 2.13. The molecule has 0 unspecified atom stereocenters. The highest BCUT2D eigenvalue weighted by Gasteiger charge is 2.23. The van der Waals surface area contributed by atoms with Crippen molar-refractivity contribution in [2.24, 2.45) is 5.10 Å². The minimum absolute atomic E-state index is 0.153. The molecule has 0 bridgehead atoms. The minimum atomic E-state index is -0.292. The van der Waals surface area contributed by atoms with Crippen molar-refractivity contribution in [2.75, 3.05) is 12.0 Å². The predicted molar refractivity (Wildman–Crippen MR) is 93.7 cm³/mol. The van der Waals surface area contributed by atoms with E-state index in [0.717, 1.165) is 0 Å². The lowest BCUT2D eigenvalue weighted by Gasteiger charge is -2.02. The maximum Gasteiger partial charge on any atom is 0.311 e. The molecule has 1 saturated carbocycles. The van der Waals surface area contributed by atoms with Crippen molar-refractivity contribution in [2.45, 2.75) is 32.1 Å². The standard InChI is InChI=1S/C17H19N3O3S/c1-2-23-16(22)8-14-10-24-17(19-14)20-18-9-13-7-12(11-3-4-11)5-6-15(13)21/h5-7,9-11,21H,2-4,8H2,1H3,(H,19,20). The van der Waals surface area contributed by atoms with Crippen molar-refractivity contribution in [3.05, 3.63) is 40.4 Å². The Morgan fingerprint density at radius 1 is 1.54 bits per heavy atom. The zero-order valence-corrected chi connectivity index (χ0v) is 14.2. The van der Waals surface area contributed by atoms with E-state index in [1.807, 2.05) is 12.1 Å². The van der Waals surface area contributed by atoms with Crippen LogP contribution in [0.25, 0.3) is 0 Å². The van der Waals surface area contributed by atoms with Gasteiger partial charge in [0.25, 0.3) is 0 Å². The van der Waals surface area contributed by atoms with E-state index in [4.69, 9.17) is 4.74 Å². The van der Waals surface area contributed by atoms with E-state index < -0.39 is 0 Å². The first-order valence-corrected chi connectivity index (χ1v) is 8.75. The number of anilines is 1. The molecule has 1 aromatic heterocycles. The minimum Gasteiger partial charge on any atom is -0.507 e. The van der Waals surface area contributed by atoms with Crippen LogP contribution >= 0.6 is 11.3 Å². The summed E-state index contributed by atoms with van der Waals surface area (Å²) in [6, 6.07) is 5.63. The number of carbonyl (C=O) groups excluding carboxylic acids is 1. The smallest absolute Gasteiger partial charge is 0.311 e. The lowest BCUT2D eigenvalue weighted by Crippen LogP contribution is -2.07. The molecule has 0 atom stereocenters. The Labute approximate surface area is 144 Å². The van der Waals surface area contributed by atoms with Crippen molar-refractivity contribution in [1.82, 2.24) is 4.98 Å². The fourth-order valence-electron chi connectivity index (χ4n) is 2.30. The third kappa shape index (κ3) is 4.32. The second-order valence-electron chi connectivity index (χ2n) is 5.59. The largest absolute Gasteiger partial charge is 0.507 e. The van der Waals surface area contributed by atoms with Crippen LogP contribution in [-0.2, 0) is 16.0 Å². The maximum absolute atomic E-state index is 11.4. The van der Waals surface area contributed by atoms with Gasteiger partial charge in [-0.3, -0.25) is 10.2 Å². The van der Waals surface area contributed by atoms with Gasteiger partial charge in [0, 0.05) is 10.9 Å². The van der Waals surface area contributed by atoms with Crippen molar-refractivity contribution < 1.29 is 14.6 Å². The van der Waals surface area contributed by atoms with Gasteiger partial charge in [0.2, 0.25) is 5.13 Å². The van der Waals surface area contributed by atoms with Gasteiger partial charge in [-0.1, -0.05) is 6.07 Å². The van der Waals surface area contributed by atoms with E-state index in [0.29, 0.717) is 28.9 Å². The molecule has 3 rings (SSSR count). The van der Waals surface area contributed by atoms with E-state index in [-0.39, 0.29) is 18.1 Å². The highest BCUT2D eigenvalue weighted by molar-refractivity contribution is 7.13. The van der Waals surface area contributed by atoms with Crippen LogP contribution < -0.4 is 5.43 Å². The summed E-state index contributed by atoms with van der Waals surface area (Å²) >= 11 is 1.36.